The summed E-state index contributed by atoms with van der Waals surface area (Å²) in [6, 6.07) is 7.84. The summed E-state index contributed by atoms with van der Waals surface area (Å²) in [5, 5.41) is 9.97. The van der Waals surface area contributed by atoms with Gasteiger partial charge in [-0.1, -0.05) is 23.4 Å². The normalized spacial score (nSPS) is 12.9. The summed E-state index contributed by atoms with van der Waals surface area (Å²) < 4.78 is 5.85. The van der Waals surface area contributed by atoms with Crippen molar-refractivity contribution in [3.63, 3.8) is 0 Å². The van der Waals surface area contributed by atoms with Crippen molar-refractivity contribution in [2.75, 3.05) is 23.9 Å². The van der Waals surface area contributed by atoms with E-state index in [-0.39, 0.29) is 18.3 Å². The Bertz CT molecular complexity index is 712. The van der Waals surface area contributed by atoms with Gasteiger partial charge >= 0.3 is 6.09 Å². The molecule has 1 aromatic carbocycles. The molecular formula is C14H15N5O3. The average molecular weight is 301 g/mol. The Balaban J connectivity index is 1.67. The lowest BCUT2D eigenvalue weighted by Gasteiger charge is -2.16. The van der Waals surface area contributed by atoms with Crippen molar-refractivity contribution >= 4 is 23.5 Å². The summed E-state index contributed by atoms with van der Waals surface area (Å²) in [5.41, 5.74) is 2.11. The van der Waals surface area contributed by atoms with Crippen LogP contribution in [0.2, 0.25) is 0 Å². The molecule has 0 spiro atoms. The molecule has 1 aromatic heterocycles. The van der Waals surface area contributed by atoms with E-state index in [4.69, 9.17) is 0 Å². The van der Waals surface area contributed by atoms with Crippen molar-refractivity contribution in [2.24, 2.45) is 0 Å². The summed E-state index contributed by atoms with van der Waals surface area (Å²) in [6.07, 6.45) is 1.71. The second kappa shape index (κ2) is 5.84. The van der Waals surface area contributed by atoms with E-state index >= 15 is 0 Å². The van der Waals surface area contributed by atoms with Gasteiger partial charge in [-0.25, -0.2) is 9.48 Å². The quantitative estimate of drug-likeness (QED) is 0.915. The monoisotopic (exact) mass is 301 g/mol. The van der Waals surface area contributed by atoms with Crippen molar-refractivity contribution in [1.82, 2.24) is 15.0 Å². The highest BCUT2D eigenvalue weighted by atomic mass is 16.5. The third-order valence-corrected chi connectivity index (χ3v) is 3.44. The zero-order chi connectivity index (χ0) is 15.5. The van der Waals surface area contributed by atoms with Crippen LogP contribution in [0.1, 0.15) is 5.56 Å². The molecule has 1 aliphatic rings. The van der Waals surface area contributed by atoms with Crippen LogP contribution in [0.3, 0.4) is 0 Å². The maximum atomic E-state index is 12.4. The van der Waals surface area contributed by atoms with Gasteiger partial charge in [-0.05, 0) is 18.1 Å². The zero-order valence-electron chi connectivity index (χ0n) is 12.0. The molecule has 8 heteroatoms. The van der Waals surface area contributed by atoms with Crippen LogP contribution < -0.4 is 10.2 Å². The minimum atomic E-state index is -0.633. The van der Waals surface area contributed by atoms with Crippen molar-refractivity contribution in [1.29, 1.82) is 0 Å². The minimum Gasteiger partial charge on any atom is -0.453 e. The highest BCUT2D eigenvalue weighted by molar-refractivity contribution is 5.95. The summed E-state index contributed by atoms with van der Waals surface area (Å²) in [4.78, 5) is 25.2. The van der Waals surface area contributed by atoms with Gasteiger partial charge in [-0.2, -0.15) is 0 Å². The molecule has 0 bridgehead atoms. The lowest BCUT2D eigenvalue weighted by molar-refractivity contribution is -0.119. The number of hydrogen-bond acceptors (Lipinski definition) is 5. The van der Waals surface area contributed by atoms with Crippen LogP contribution in [-0.2, 0) is 22.5 Å². The number of ether oxygens (including phenoxy) is 1. The predicted molar refractivity (Wildman–Crippen MR) is 78.5 cm³/mol. The molecule has 22 heavy (non-hydrogen) atoms. The molecule has 2 aromatic rings. The highest BCUT2D eigenvalue weighted by Crippen LogP contribution is 2.27. The molecule has 1 aliphatic heterocycles. The van der Waals surface area contributed by atoms with Crippen molar-refractivity contribution < 1.29 is 14.3 Å². The van der Waals surface area contributed by atoms with Gasteiger partial charge in [0.25, 0.3) is 0 Å². The number of nitrogens with zero attached hydrogens (tertiary/aromatic N) is 4. The molecule has 0 fully saturated rings. The number of nitrogens with one attached hydrogen (secondary N) is 1. The molecule has 114 valence electrons. The van der Waals surface area contributed by atoms with Crippen molar-refractivity contribution in [3.8, 4) is 0 Å². The second-order valence-corrected chi connectivity index (χ2v) is 4.84. The fourth-order valence-electron chi connectivity index (χ4n) is 2.41. The first-order valence-electron chi connectivity index (χ1n) is 6.81. The number of benzene rings is 1. The van der Waals surface area contributed by atoms with Crippen LogP contribution in [0, 0.1) is 0 Å². The number of aromatic nitrogens is 3. The fourth-order valence-corrected chi connectivity index (χ4v) is 2.41. The summed E-state index contributed by atoms with van der Waals surface area (Å²) in [7, 11) is 1.26. The molecule has 0 saturated carbocycles. The molecule has 0 atom stereocenters. The summed E-state index contributed by atoms with van der Waals surface area (Å²) >= 11 is 0. The minimum absolute atomic E-state index is 0.0597. The van der Waals surface area contributed by atoms with Crippen molar-refractivity contribution in [3.05, 3.63) is 36.0 Å². The Hall–Kier alpha value is -2.90. The third kappa shape index (κ3) is 2.76. The first kappa shape index (κ1) is 14.1. The molecule has 0 radical (unpaired) electrons. The maximum absolute atomic E-state index is 12.4. The lowest BCUT2D eigenvalue weighted by atomic mass is 10.2. The summed E-state index contributed by atoms with van der Waals surface area (Å²) in [6.45, 7) is 0.727. The molecule has 0 aliphatic carbocycles. The zero-order valence-corrected chi connectivity index (χ0v) is 12.0. The van der Waals surface area contributed by atoms with Gasteiger partial charge in [0.1, 0.15) is 6.54 Å². The SMILES string of the molecule is COC(=O)Nc1cn(CC(=O)N2CCc3ccccc32)nn1. The standard InChI is InChI=1S/C14H15N5O3/c1-22-14(21)15-12-8-18(17-16-12)9-13(20)19-7-6-10-4-2-3-5-11(10)19/h2-5,8H,6-7,9H2,1H3,(H,15,21). The average Bonchev–Trinajstić information content (AvgIpc) is 3.13. The van der Waals surface area contributed by atoms with E-state index in [1.807, 2.05) is 24.3 Å². The fraction of sp³-hybridized carbons (Fsp3) is 0.286. The van der Waals surface area contributed by atoms with E-state index in [1.165, 1.54) is 23.6 Å². The van der Waals surface area contributed by atoms with Crippen LogP contribution >= 0.6 is 0 Å². The van der Waals surface area contributed by atoms with E-state index in [0.29, 0.717) is 6.54 Å². The van der Waals surface area contributed by atoms with E-state index in [1.54, 1.807) is 4.90 Å². The Morgan fingerprint density at radius 3 is 3.00 bits per heavy atom. The smallest absolute Gasteiger partial charge is 0.412 e. The van der Waals surface area contributed by atoms with Gasteiger partial charge in [0.2, 0.25) is 5.91 Å². The van der Waals surface area contributed by atoms with Gasteiger partial charge in [0.05, 0.1) is 13.3 Å². The van der Waals surface area contributed by atoms with E-state index < -0.39 is 6.09 Å². The van der Waals surface area contributed by atoms with Crippen molar-refractivity contribution in [2.45, 2.75) is 13.0 Å². The summed E-state index contributed by atoms with van der Waals surface area (Å²) in [5.74, 6) is 0.168. The number of carbonyl (C=O) groups excluding carboxylic acids is 2. The Morgan fingerprint density at radius 1 is 1.36 bits per heavy atom. The molecule has 1 N–H and O–H groups in total. The number of methoxy groups -OCH3 is 1. The van der Waals surface area contributed by atoms with Crippen LogP contribution in [0.15, 0.2) is 30.5 Å². The first-order valence-corrected chi connectivity index (χ1v) is 6.81. The molecule has 2 amide bonds. The van der Waals surface area contributed by atoms with Crippen LogP contribution in [0.25, 0.3) is 0 Å². The maximum Gasteiger partial charge on any atom is 0.412 e. The lowest BCUT2D eigenvalue weighted by Crippen LogP contribution is -2.32. The molecule has 0 saturated heterocycles. The van der Waals surface area contributed by atoms with E-state index in [2.05, 4.69) is 20.4 Å². The third-order valence-electron chi connectivity index (χ3n) is 3.44. The largest absolute Gasteiger partial charge is 0.453 e. The van der Waals surface area contributed by atoms with Gasteiger partial charge in [0.15, 0.2) is 5.82 Å². The van der Waals surface area contributed by atoms with Gasteiger partial charge in [-0.15, -0.1) is 5.10 Å². The van der Waals surface area contributed by atoms with Crippen LogP contribution in [-0.4, -0.2) is 40.6 Å². The molecule has 0 unspecified atom stereocenters. The molecule has 8 nitrogen and oxygen atoms in total. The number of para-hydroxylation sites is 1. The van der Waals surface area contributed by atoms with Gasteiger partial charge < -0.3 is 9.64 Å². The number of fused-ring (bicyclic) bond motifs is 1. The molecular weight excluding hydrogens is 286 g/mol. The number of carbonyl (C=O) groups is 2. The van der Waals surface area contributed by atoms with Gasteiger partial charge in [0, 0.05) is 12.2 Å². The molecule has 2 heterocycles. The highest BCUT2D eigenvalue weighted by Gasteiger charge is 2.24. The van der Waals surface area contributed by atoms with Crippen LogP contribution in [0.5, 0.6) is 0 Å². The second-order valence-electron chi connectivity index (χ2n) is 4.84. The number of anilines is 2. The van der Waals surface area contributed by atoms with Gasteiger partial charge in [-0.3, -0.25) is 10.1 Å². The molecule has 3 rings (SSSR count). The van der Waals surface area contributed by atoms with E-state index in [9.17, 15) is 9.59 Å². The Kier molecular flexibility index (Phi) is 3.73. The number of hydrogen-bond donors (Lipinski definition) is 1. The van der Waals surface area contributed by atoms with E-state index in [0.717, 1.165) is 12.1 Å². The number of amides is 2. The number of rotatable bonds is 3. The first-order chi connectivity index (χ1) is 10.7. The van der Waals surface area contributed by atoms with Crippen LogP contribution in [0.4, 0.5) is 16.3 Å². The Labute approximate surface area is 126 Å². The predicted octanol–water partition coefficient (Wildman–Crippen LogP) is 1.05. The Morgan fingerprint density at radius 2 is 2.18 bits per heavy atom. The topological polar surface area (TPSA) is 89.4 Å².